The van der Waals surface area contributed by atoms with Crippen molar-refractivity contribution in [1.29, 1.82) is 0 Å². The maximum absolute atomic E-state index is 14.8. The molecule has 1 aromatic heterocycles. The van der Waals surface area contributed by atoms with Gasteiger partial charge >= 0.3 is 0 Å². The number of hydrogen-bond donors (Lipinski definition) is 1. The van der Waals surface area contributed by atoms with E-state index in [1.165, 1.54) is 12.1 Å². The molecule has 0 radical (unpaired) electrons. The van der Waals surface area contributed by atoms with E-state index in [0.717, 1.165) is 17.2 Å². The summed E-state index contributed by atoms with van der Waals surface area (Å²) in [4.78, 5) is 31.3. The normalized spacial score (nSPS) is 19.9. The molecule has 200 valence electrons. The first-order valence-corrected chi connectivity index (χ1v) is 13.5. The monoisotopic (exact) mass is 539 g/mol. The lowest BCUT2D eigenvalue weighted by Gasteiger charge is -2.34. The van der Waals surface area contributed by atoms with Crippen LogP contribution in [0.3, 0.4) is 0 Å². The zero-order chi connectivity index (χ0) is 27.4. The highest BCUT2D eigenvalue weighted by atomic mass is 32.2. The van der Waals surface area contributed by atoms with Crippen LogP contribution in [0.15, 0.2) is 30.5 Å². The Morgan fingerprint density at radius 3 is 2.43 bits per heavy atom. The number of sulfone groups is 1. The summed E-state index contributed by atoms with van der Waals surface area (Å²) in [6.45, 7) is 4.77. The van der Waals surface area contributed by atoms with Gasteiger partial charge in [0.1, 0.15) is 9.84 Å². The molecule has 2 aromatic rings. The van der Waals surface area contributed by atoms with Gasteiger partial charge in [-0.1, -0.05) is 0 Å². The number of ether oxygens (including phenoxy) is 1. The minimum absolute atomic E-state index is 0.0104. The van der Waals surface area contributed by atoms with Crippen molar-refractivity contribution in [2.75, 3.05) is 23.0 Å². The number of amides is 2. The number of halogens is 3. The Hall–Kier alpha value is -3.15. The Kier molecular flexibility index (Phi) is 6.54. The maximum atomic E-state index is 14.8. The van der Waals surface area contributed by atoms with Gasteiger partial charge in [0, 0.05) is 24.1 Å². The molecule has 1 fully saturated rings. The van der Waals surface area contributed by atoms with E-state index in [0.29, 0.717) is 31.0 Å². The van der Waals surface area contributed by atoms with Crippen LogP contribution in [-0.2, 0) is 20.0 Å². The molecule has 0 saturated carbocycles. The van der Waals surface area contributed by atoms with Crippen molar-refractivity contribution in [2.45, 2.75) is 57.4 Å². The Bertz CT molecular complexity index is 1360. The minimum Gasteiger partial charge on any atom is -0.471 e. The van der Waals surface area contributed by atoms with Gasteiger partial charge in [0.05, 0.1) is 34.5 Å². The van der Waals surface area contributed by atoms with E-state index in [1.54, 1.807) is 26.8 Å². The van der Waals surface area contributed by atoms with Crippen LogP contribution >= 0.6 is 0 Å². The van der Waals surface area contributed by atoms with Crippen molar-refractivity contribution in [1.82, 2.24) is 10.3 Å². The molecule has 0 atom stereocenters. The highest BCUT2D eigenvalue weighted by molar-refractivity contribution is 7.91. The second-order valence-corrected chi connectivity index (χ2v) is 12.8. The summed E-state index contributed by atoms with van der Waals surface area (Å²) >= 11 is 0. The van der Waals surface area contributed by atoms with E-state index in [2.05, 4.69) is 10.3 Å². The molecule has 8 nitrogen and oxygen atoms in total. The molecule has 2 amide bonds. The molecule has 0 bridgehead atoms. The molecule has 3 heterocycles. The lowest BCUT2D eigenvalue weighted by molar-refractivity contribution is -0.121. The number of fused-ring (bicyclic) bond motifs is 1. The summed E-state index contributed by atoms with van der Waals surface area (Å²) in [7, 11) is -3.11. The van der Waals surface area contributed by atoms with Crippen molar-refractivity contribution < 1.29 is 35.9 Å². The number of carbonyl (C=O) groups excluding carboxylic acids is 2. The van der Waals surface area contributed by atoms with E-state index in [9.17, 15) is 31.2 Å². The summed E-state index contributed by atoms with van der Waals surface area (Å²) < 4.78 is 69.8. The molecule has 0 aliphatic carbocycles. The molecule has 12 heteroatoms. The standard InChI is InChI=1S/C25H28F3N3O5S/c1-23(2)16-11-15(21(32)30-24(3)7-9-37(34,35)10-8-24)5-6-18(16)31(22(23)33)19-12-20(29-13-17(19)26)36-14-25(4,27)28/h5-6,11-13H,7-10,14H2,1-4H3,(H,30,32). The van der Waals surface area contributed by atoms with Crippen LogP contribution in [0, 0.1) is 5.82 Å². The summed E-state index contributed by atoms with van der Waals surface area (Å²) in [5.74, 6) is -5.18. The van der Waals surface area contributed by atoms with Crippen molar-refractivity contribution >= 4 is 33.0 Å². The van der Waals surface area contributed by atoms with Crippen molar-refractivity contribution in [2.24, 2.45) is 0 Å². The van der Waals surface area contributed by atoms with Crippen LogP contribution in [0.2, 0.25) is 0 Å². The number of alkyl halides is 2. The Morgan fingerprint density at radius 1 is 1.16 bits per heavy atom. The van der Waals surface area contributed by atoms with Gasteiger partial charge < -0.3 is 10.1 Å². The molecule has 2 aliphatic heterocycles. The molecular weight excluding hydrogens is 511 g/mol. The second-order valence-electron chi connectivity index (χ2n) is 10.5. The topological polar surface area (TPSA) is 106 Å². The zero-order valence-corrected chi connectivity index (χ0v) is 21.7. The van der Waals surface area contributed by atoms with E-state index in [-0.39, 0.29) is 28.6 Å². The molecule has 37 heavy (non-hydrogen) atoms. The molecule has 1 N–H and O–H groups in total. The quantitative estimate of drug-likeness (QED) is 0.597. The van der Waals surface area contributed by atoms with Crippen molar-refractivity contribution in [3.63, 3.8) is 0 Å². The highest BCUT2D eigenvalue weighted by Gasteiger charge is 2.46. The lowest BCUT2D eigenvalue weighted by Crippen LogP contribution is -2.50. The van der Waals surface area contributed by atoms with Gasteiger partial charge in [-0.25, -0.2) is 26.6 Å². The third-order valence-corrected chi connectivity index (χ3v) is 8.43. The fourth-order valence-corrected chi connectivity index (χ4v) is 6.16. The summed E-state index contributed by atoms with van der Waals surface area (Å²) in [5, 5.41) is 2.92. The first kappa shape index (κ1) is 26.9. The number of nitrogens with one attached hydrogen (secondary N) is 1. The highest BCUT2D eigenvalue weighted by Crippen LogP contribution is 2.46. The average molecular weight is 540 g/mol. The molecule has 1 saturated heterocycles. The largest absolute Gasteiger partial charge is 0.471 e. The van der Waals surface area contributed by atoms with Gasteiger partial charge in [0.2, 0.25) is 11.8 Å². The number of rotatable bonds is 6. The lowest BCUT2D eigenvalue weighted by atomic mass is 9.85. The Balaban J connectivity index is 1.64. The molecule has 0 spiro atoms. The predicted octanol–water partition coefficient (Wildman–Crippen LogP) is 3.91. The maximum Gasteiger partial charge on any atom is 0.278 e. The molecule has 2 aliphatic rings. The van der Waals surface area contributed by atoms with Crippen LogP contribution in [-0.4, -0.2) is 54.8 Å². The van der Waals surface area contributed by atoms with Gasteiger partial charge in [-0.15, -0.1) is 0 Å². The zero-order valence-electron chi connectivity index (χ0n) is 20.9. The van der Waals surface area contributed by atoms with Crippen LogP contribution < -0.4 is 15.0 Å². The number of hydrogen-bond acceptors (Lipinski definition) is 6. The van der Waals surface area contributed by atoms with Crippen LogP contribution in [0.5, 0.6) is 5.88 Å². The Morgan fingerprint density at radius 2 is 1.81 bits per heavy atom. The van der Waals surface area contributed by atoms with Crippen molar-refractivity contribution in [3.8, 4) is 5.88 Å². The minimum atomic E-state index is -3.13. The smallest absolute Gasteiger partial charge is 0.278 e. The van der Waals surface area contributed by atoms with Crippen LogP contribution in [0.1, 0.15) is 56.5 Å². The van der Waals surface area contributed by atoms with Crippen LogP contribution in [0.4, 0.5) is 24.5 Å². The molecule has 4 rings (SSSR count). The summed E-state index contributed by atoms with van der Waals surface area (Å²) in [6.07, 6.45) is 1.38. The number of aromatic nitrogens is 1. The Labute approximate surface area is 213 Å². The average Bonchev–Trinajstić information content (AvgIpc) is 3.00. The first-order chi connectivity index (χ1) is 17.0. The van der Waals surface area contributed by atoms with Gasteiger partial charge in [-0.2, -0.15) is 0 Å². The summed E-state index contributed by atoms with van der Waals surface area (Å²) in [6, 6.07) is 5.65. The molecule has 1 aromatic carbocycles. The third kappa shape index (κ3) is 5.43. The van der Waals surface area contributed by atoms with Gasteiger partial charge in [-0.3, -0.25) is 14.5 Å². The van der Waals surface area contributed by atoms with E-state index in [4.69, 9.17) is 4.74 Å². The van der Waals surface area contributed by atoms with Gasteiger partial charge in [0.25, 0.3) is 11.8 Å². The number of benzene rings is 1. The van der Waals surface area contributed by atoms with Crippen molar-refractivity contribution in [3.05, 3.63) is 47.4 Å². The number of anilines is 2. The SMILES string of the molecule is CC(F)(F)COc1cc(N2C(=O)C(C)(C)c3cc(C(=O)NC4(C)CCS(=O)(=O)CC4)ccc32)c(F)cn1. The summed E-state index contributed by atoms with van der Waals surface area (Å²) in [5.41, 5.74) is -0.972. The van der Waals surface area contributed by atoms with E-state index >= 15 is 0 Å². The van der Waals surface area contributed by atoms with E-state index in [1.807, 2.05) is 0 Å². The number of pyridine rings is 1. The van der Waals surface area contributed by atoms with Crippen LogP contribution in [0.25, 0.3) is 0 Å². The number of carbonyl (C=O) groups is 2. The fraction of sp³-hybridized carbons (Fsp3) is 0.480. The third-order valence-electron chi connectivity index (χ3n) is 6.78. The van der Waals surface area contributed by atoms with E-state index < -0.39 is 51.0 Å². The fourth-order valence-electron chi connectivity index (χ4n) is 4.44. The predicted molar refractivity (Wildman–Crippen MR) is 131 cm³/mol. The second kappa shape index (κ2) is 9.00. The van der Waals surface area contributed by atoms with Gasteiger partial charge in [-0.05, 0) is 57.4 Å². The molecule has 0 unspecified atom stereocenters. The van der Waals surface area contributed by atoms with Gasteiger partial charge in [0.15, 0.2) is 12.4 Å². The first-order valence-electron chi connectivity index (χ1n) is 11.7. The molecular formula is C25H28F3N3O5S. The number of nitrogens with zero attached hydrogens (tertiary/aromatic N) is 2.